The van der Waals surface area contributed by atoms with E-state index in [1.54, 1.807) is 0 Å². The molecule has 0 radical (unpaired) electrons. The summed E-state index contributed by atoms with van der Waals surface area (Å²) in [6.07, 6.45) is 9.90. The number of aryl methyl sites for hydroxylation is 1. The van der Waals surface area contributed by atoms with Crippen molar-refractivity contribution < 1.29 is 9.59 Å². The molecule has 2 saturated carbocycles. The summed E-state index contributed by atoms with van der Waals surface area (Å²) >= 11 is 0. The first kappa shape index (κ1) is 18.5. The van der Waals surface area contributed by atoms with Gasteiger partial charge >= 0.3 is 0 Å². The summed E-state index contributed by atoms with van der Waals surface area (Å²) < 4.78 is 0. The standard InChI is InChI=1S/C22H31N3O2/c1-16-6-5-7-19(23-16)21(27)25-14-17(8-11-20(26)24-18-9-10-18)22(15-25)12-3-2-4-13-22/h5-7,17-18H,2-4,8-15H2,1H3,(H,24,26). The first-order valence-corrected chi connectivity index (χ1v) is 10.6. The molecule has 1 aromatic heterocycles. The van der Waals surface area contributed by atoms with Gasteiger partial charge in [-0.3, -0.25) is 9.59 Å². The first-order valence-electron chi connectivity index (χ1n) is 10.6. The molecule has 1 atom stereocenters. The molecule has 146 valence electrons. The third-order valence-electron chi connectivity index (χ3n) is 6.72. The van der Waals surface area contributed by atoms with Crippen LogP contribution >= 0.6 is 0 Å². The quantitative estimate of drug-likeness (QED) is 0.864. The molecule has 1 saturated heterocycles. The predicted molar refractivity (Wildman–Crippen MR) is 104 cm³/mol. The van der Waals surface area contributed by atoms with Gasteiger partial charge in [0.05, 0.1) is 0 Å². The van der Waals surface area contributed by atoms with E-state index in [1.807, 2.05) is 30.0 Å². The second-order valence-electron chi connectivity index (χ2n) is 8.85. The SMILES string of the molecule is Cc1cccc(C(=O)N2CC(CCC(=O)NC3CC3)C3(CCCCC3)C2)n1. The van der Waals surface area contributed by atoms with Gasteiger partial charge in [-0.25, -0.2) is 4.98 Å². The second kappa shape index (κ2) is 7.61. The van der Waals surface area contributed by atoms with Crippen molar-refractivity contribution in [1.82, 2.24) is 15.2 Å². The molecule has 0 aromatic carbocycles. The highest BCUT2D eigenvalue weighted by atomic mass is 16.2. The summed E-state index contributed by atoms with van der Waals surface area (Å²) in [5.74, 6) is 0.665. The Hall–Kier alpha value is -1.91. The van der Waals surface area contributed by atoms with E-state index in [1.165, 1.54) is 32.1 Å². The third kappa shape index (κ3) is 4.17. The van der Waals surface area contributed by atoms with Gasteiger partial charge < -0.3 is 10.2 Å². The molecular formula is C22H31N3O2. The maximum atomic E-state index is 13.0. The molecule has 0 bridgehead atoms. The second-order valence-corrected chi connectivity index (χ2v) is 8.85. The smallest absolute Gasteiger partial charge is 0.272 e. The van der Waals surface area contributed by atoms with Crippen LogP contribution in [0.2, 0.25) is 0 Å². The number of pyridine rings is 1. The maximum Gasteiger partial charge on any atom is 0.272 e. The molecule has 4 rings (SSSR count). The van der Waals surface area contributed by atoms with E-state index in [2.05, 4.69) is 10.3 Å². The molecule has 2 amide bonds. The molecule has 1 aromatic rings. The van der Waals surface area contributed by atoms with Crippen molar-refractivity contribution in [2.75, 3.05) is 13.1 Å². The Morgan fingerprint density at radius 1 is 1.22 bits per heavy atom. The normalized spacial score (nSPS) is 24.2. The van der Waals surface area contributed by atoms with Gasteiger partial charge in [-0.15, -0.1) is 0 Å². The van der Waals surface area contributed by atoms with Crippen molar-refractivity contribution in [3.8, 4) is 0 Å². The molecule has 5 heteroatoms. The van der Waals surface area contributed by atoms with Crippen LogP contribution in [0.1, 0.15) is 74.0 Å². The molecule has 27 heavy (non-hydrogen) atoms. The van der Waals surface area contributed by atoms with Gasteiger partial charge in [-0.2, -0.15) is 0 Å². The largest absolute Gasteiger partial charge is 0.353 e. The van der Waals surface area contributed by atoms with Crippen LogP contribution in [0.25, 0.3) is 0 Å². The summed E-state index contributed by atoms with van der Waals surface area (Å²) in [7, 11) is 0. The first-order chi connectivity index (χ1) is 13.1. The molecule has 1 unspecified atom stereocenters. The number of hydrogen-bond acceptors (Lipinski definition) is 3. The Kier molecular flexibility index (Phi) is 5.20. The molecule has 3 fully saturated rings. The third-order valence-corrected chi connectivity index (χ3v) is 6.72. The Balaban J connectivity index is 1.45. The average Bonchev–Trinajstić information content (AvgIpc) is 3.41. The van der Waals surface area contributed by atoms with Crippen molar-refractivity contribution in [2.45, 2.75) is 70.8 Å². The Morgan fingerprint density at radius 3 is 2.70 bits per heavy atom. The van der Waals surface area contributed by atoms with Crippen molar-refractivity contribution in [3.63, 3.8) is 0 Å². The zero-order valence-electron chi connectivity index (χ0n) is 16.4. The topological polar surface area (TPSA) is 62.3 Å². The molecule has 2 aliphatic carbocycles. The van der Waals surface area contributed by atoms with E-state index in [0.717, 1.165) is 38.0 Å². The van der Waals surface area contributed by atoms with Crippen molar-refractivity contribution in [1.29, 1.82) is 0 Å². The zero-order chi connectivity index (χ0) is 18.9. The number of rotatable bonds is 5. The van der Waals surface area contributed by atoms with Crippen LogP contribution in [0.15, 0.2) is 18.2 Å². The van der Waals surface area contributed by atoms with E-state index in [-0.39, 0.29) is 17.2 Å². The lowest BCUT2D eigenvalue weighted by Crippen LogP contribution is -2.35. The number of carbonyl (C=O) groups excluding carboxylic acids is 2. The molecule has 1 aliphatic heterocycles. The van der Waals surface area contributed by atoms with Crippen LogP contribution < -0.4 is 5.32 Å². The van der Waals surface area contributed by atoms with Crippen LogP contribution in [0.3, 0.4) is 0 Å². The van der Waals surface area contributed by atoms with Crippen LogP contribution in [0.4, 0.5) is 0 Å². The summed E-state index contributed by atoms with van der Waals surface area (Å²) in [5, 5.41) is 3.11. The maximum absolute atomic E-state index is 13.0. The van der Waals surface area contributed by atoms with Crippen molar-refractivity contribution >= 4 is 11.8 Å². The van der Waals surface area contributed by atoms with E-state index >= 15 is 0 Å². The molecule has 3 aliphatic rings. The molecule has 5 nitrogen and oxygen atoms in total. The molecule has 2 heterocycles. The highest BCUT2D eigenvalue weighted by Gasteiger charge is 2.48. The van der Waals surface area contributed by atoms with Gasteiger partial charge in [0.2, 0.25) is 5.91 Å². The van der Waals surface area contributed by atoms with E-state index in [9.17, 15) is 9.59 Å². The van der Waals surface area contributed by atoms with Gasteiger partial charge in [0.15, 0.2) is 0 Å². The highest BCUT2D eigenvalue weighted by molar-refractivity contribution is 5.92. The number of carbonyl (C=O) groups is 2. The summed E-state index contributed by atoms with van der Waals surface area (Å²) in [6, 6.07) is 6.07. The minimum Gasteiger partial charge on any atom is -0.353 e. The van der Waals surface area contributed by atoms with Gasteiger partial charge in [0.25, 0.3) is 5.91 Å². The van der Waals surface area contributed by atoms with Gasteiger partial charge in [-0.05, 0) is 62.5 Å². The zero-order valence-corrected chi connectivity index (χ0v) is 16.4. The number of likely N-dealkylation sites (tertiary alicyclic amines) is 1. The number of amides is 2. The predicted octanol–water partition coefficient (Wildman–Crippen LogP) is 3.47. The monoisotopic (exact) mass is 369 g/mol. The number of nitrogens with one attached hydrogen (secondary N) is 1. The Labute approximate surface area is 161 Å². The lowest BCUT2D eigenvalue weighted by atomic mass is 9.66. The Bertz CT molecular complexity index is 707. The molecular weight excluding hydrogens is 338 g/mol. The van der Waals surface area contributed by atoms with Crippen molar-refractivity contribution in [2.24, 2.45) is 11.3 Å². The number of hydrogen-bond donors (Lipinski definition) is 1. The van der Waals surface area contributed by atoms with Crippen LogP contribution in [0, 0.1) is 18.3 Å². The minimum absolute atomic E-state index is 0.0496. The molecule has 1 spiro atoms. The highest BCUT2D eigenvalue weighted by Crippen LogP contribution is 2.49. The van der Waals surface area contributed by atoms with Gasteiger partial charge in [0.1, 0.15) is 5.69 Å². The number of nitrogens with zero attached hydrogens (tertiary/aromatic N) is 2. The van der Waals surface area contributed by atoms with Crippen LogP contribution in [-0.4, -0.2) is 40.8 Å². The number of aromatic nitrogens is 1. The van der Waals surface area contributed by atoms with Crippen LogP contribution in [0.5, 0.6) is 0 Å². The Morgan fingerprint density at radius 2 is 2.00 bits per heavy atom. The summed E-state index contributed by atoms with van der Waals surface area (Å²) in [6.45, 7) is 3.52. The fraction of sp³-hybridized carbons (Fsp3) is 0.682. The summed E-state index contributed by atoms with van der Waals surface area (Å²) in [4.78, 5) is 31.7. The summed E-state index contributed by atoms with van der Waals surface area (Å²) in [5.41, 5.74) is 1.63. The van der Waals surface area contributed by atoms with Crippen LogP contribution in [-0.2, 0) is 4.79 Å². The van der Waals surface area contributed by atoms with Gasteiger partial charge in [-0.1, -0.05) is 25.3 Å². The van der Waals surface area contributed by atoms with E-state index in [0.29, 0.717) is 24.1 Å². The lowest BCUT2D eigenvalue weighted by Gasteiger charge is -2.38. The van der Waals surface area contributed by atoms with E-state index in [4.69, 9.17) is 0 Å². The van der Waals surface area contributed by atoms with E-state index < -0.39 is 0 Å². The lowest BCUT2D eigenvalue weighted by molar-refractivity contribution is -0.121. The minimum atomic E-state index is 0.0496. The average molecular weight is 370 g/mol. The van der Waals surface area contributed by atoms with Gasteiger partial charge in [0, 0.05) is 31.2 Å². The van der Waals surface area contributed by atoms with Crippen molar-refractivity contribution in [3.05, 3.63) is 29.6 Å². The fourth-order valence-corrected chi connectivity index (χ4v) is 5.06. The fourth-order valence-electron chi connectivity index (χ4n) is 5.06. The molecule has 1 N–H and O–H groups in total.